The minimum Gasteiger partial charge on any atom is -0.355 e. The fourth-order valence-corrected chi connectivity index (χ4v) is 3.18. The first kappa shape index (κ1) is 17.8. The van der Waals surface area contributed by atoms with Gasteiger partial charge >= 0.3 is 0 Å². The van der Waals surface area contributed by atoms with Crippen molar-refractivity contribution in [1.82, 2.24) is 20.5 Å². The molecular weight excluding hydrogens is 314 g/mol. The summed E-state index contributed by atoms with van der Waals surface area (Å²) < 4.78 is 0. The molecule has 7 nitrogen and oxygen atoms in total. The lowest BCUT2D eigenvalue weighted by Crippen LogP contribution is -2.47. The second-order valence-electron chi connectivity index (χ2n) is 5.70. The second kappa shape index (κ2) is 8.95. The molecule has 4 N–H and O–H groups in total. The number of piperidine rings is 1. The molecule has 1 aromatic heterocycles. The lowest BCUT2D eigenvalue weighted by molar-refractivity contribution is -0.122. The van der Waals surface area contributed by atoms with Crippen LogP contribution in [0.5, 0.6) is 0 Å². The Morgan fingerprint density at radius 3 is 2.78 bits per heavy atom. The zero-order chi connectivity index (χ0) is 16.7. The predicted octanol–water partition coefficient (Wildman–Crippen LogP) is 0.322. The maximum absolute atomic E-state index is 12.1. The molecule has 0 aliphatic carbocycles. The number of nitrogens with zero attached hydrogens (tertiary/aromatic N) is 2. The summed E-state index contributed by atoms with van der Waals surface area (Å²) in [6.07, 6.45) is 2.64. The number of nitrogens with one attached hydrogen (secondary N) is 2. The third-order valence-electron chi connectivity index (χ3n) is 3.82. The van der Waals surface area contributed by atoms with Gasteiger partial charge in [-0.1, -0.05) is 6.92 Å². The Hall–Kier alpha value is -1.51. The van der Waals surface area contributed by atoms with Gasteiger partial charge in [-0.2, -0.15) is 0 Å². The van der Waals surface area contributed by atoms with Crippen molar-refractivity contribution in [1.29, 1.82) is 0 Å². The quantitative estimate of drug-likeness (QED) is 0.664. The Kier molecular flexibility index (Phi) is 6.94. The van der Waals surface area contributed by atoms with Crippen molar-refractivity contribution in [2.24, 2.45) is 5.73 Å². The van der Waals surface area contributed by atoms with E-state index in [0.717, 1.165) is 43.9 Å². The molecule has 0 unspecified atom stereocenters. The van der Waals surface area contributed by atoms with Crippen LogP contribution >= 0.6 is 11.3 Å². The molecule has 1 saturated heterocycles. The monoisotopic (exact) mass is 339 g/mol. The van der Waals surface area contributed by atoms with Gasteiger partial charge in [-0.3, -0.25) is 14.5 Å². The summed E-state index contributed by atoms with van der Waals surface area (Å²) in [6.45, 7) is 5.19. The fraction of sp³-hybridized carbons (Fsp3) is 0.667. The van der Waals surface area contributed by atoms with E-state index in [1.165, 1.54) is 11.3 Å². The van der Waals surface area contributed by atoms with Gasteiger partial charge in [0.1, 0.15) is 10.7 Å². The first-order valence-electron chi connectivity index (χ1n) is 8.06. The molecular formula is C15H25N5O2S. The number of rotatable bonds is 7. The Morgan fingerprint density at radius 2 is 2.17 bits per heavy atom. The third-order valence-corrected chi connectivity index (χ3v) is 4.69. The summed E-state index contributed by atoms with van der Waals surface area (Å²) in [5, 5.41) is 8.41. The zero-order valence-electron chi connectivity index (χ0n) is 13.5. The number of thiazole rings is 1. The van der Waals surface area contributed by atoms with Crippen LogP contribution in [0.1, 0.15) is 41.7 Å². The number of carbonyl (C=O) groups is 2. The van der Waals surface area contributed by atoms with Crippen molar-refractivity contribution in [3.8, 4) is 0 Å². The molecule has 1 aliphatic heterocycles. The molecule has 0 radical (unpaired) electrons. The van der Waals surface area contributed by atoms with Gasteiger partial charge in [0.05, 0.1) is 6.54 Å². The Balaban J connectivity index is 1.72. The normalized spacial score (nSPS) is 16.3. The van der Waals surface area contributed by atoms with E-state index in [4.69, 9.17) is 5.73 Å². The minimum absolute atomic E-state index is 0.0751. The van der Waals surface area contributed by atoms with Crippen LogP contribution in [-0.2, 0) is 11.3 Å². The highest BCUT2D eigenvalue weighted by molar-refractivity contribution is 7.09. The lowest BCUT2D eigenvalue weighted by atomic mass is 10.0. The Labute approximate surface area is 140 Å². The molecule has 2 heterocycles. The molecule has 23 heavy (non-hydrogen) atoms. The van der Waals surface area contributed by atoms with Gasteiger partial charge in [-0.05, 0) is 19.3 Å². The highest BCUT2D eigenvalue weighted by Gasteiger charge is 2.23. The van der Waals surface area contributed by atoms with E-state index in [2.05, 4.69) is 20.5 Å². The van der Waals surface area contributed by atoms with Gasteiger partial charge in [-0.15, -0.1) is 11.3 Å². The van der Waals surface area contributed by atoms with Gasteiger partial charge in [-0.25, -0.2) is 4.98 Å². The van der Waals surface area contributed by atoms with Gasteiger partial charge < -0.3 is 16.4 Å². The summed E-state index contributed by atoms with van der Waals surface area (Å²) in [7, 11) is 0. The van der Waals surface area contributed by atoms with Gasteiger partial charge in [0.15, 0.2) is 0 Å². The van der Waals surface area contributed by atoms with Gasteiger partial charge in [0.25, 0.3) is 5.91 Å². The second-order valence-corrected chi connectivity index (χ2v) is 6.65. The first-order valence-corrected chi connectivity index (χ1v) is 8.94. The maximum Gasteiger partial charge on any atom is 0.270 e. The standard InChI is InChI=1S/C15H25N5O2S/c1-2-5-17-13(21)9-20-6-3-11(4-7-20)18-15(22)12-10-23-14(8-16)19-12/h10-11H,2-9,16H2,1H3,(H,17,21)(H,18,22). The number of carbonyl (C=O) groups excluding carboxylic acids is 2. The van der Waals surface area contributed by atoms with Crippen LogP contribution in [0.2, 0.25) is 0 Å². The number of aromatic nitrogens is 1. The largest absolute Gasteiger partial charge is 0.355 e. The van der Waals surface area contributed by atoms with E-state index >= 15 is 0 Å². The van der Waals surface area contributed by atoms with Crippen molar-refractivity contribution < 1.29 is 9.59 Å². The van der Waals surface area contributed by atoms with Crippen LogP contribution in [0.15, 0.2) is 5.38 Å². The molecule has 0 atom stereocenters. The Morgan fingerprint density at radius 1 is 1.43 bits per heavy atom. The SMILES string of the molecule is CCCNC(=O)CN1CCC(NC(=O)c2csc(CN)n2)CC1. The van der Waals surface area contributed by atoms with Crippen LogP contribution in [-0.4, -0.2) is 53.9 Å². The highest BCUT2D eigenvalue weighted by atomic mass is 32.1. The lowest BCUT2D eigenvalue weighted by Gasteiger charge is -2.31. The van der Waals surface area contributed by atoms with Crippen LogP contribution < -0.4 is 16.4 Å². The smallest absolute Gasteiger partial charge is 0.270 e. The molecule has 0 aromatic carbocycles. The van der Waals surface area contributed by atoms with Crippen molar-refractivity contribution in [3.63, 3.8) is 0 Å². The number of hydrogen-bond acceptors (Lipinski definition) is 6. The van der Waals surface area contributed by atoms with Crippen molar-refractivity contribution in [3.05, 3.63) is 16.1 Å². The predicted molar refractivity (Wildman–Crippen MR) is 90.2 cm³/mol. The number of hydrogen-bond donors (Lipinski definition) is 3. The third kappa shape index (κ3) is 5.56. The molecule has 0 bridgehead atoms. The van der Waals surface area contributed by atoms with E-state index in [9.17, 15) is 9.59 Å². The topological polar surface area (TPSA) is 100 Å². The molecule has 1 fully saturated rings. The molecule has 1 aromatic rings. The summed E-state index contributed by atoms with van der Waals surface area (Å²) in [5.74, 6) is -0.0637. The summed E-state index contributed by atoms with van der Waals surface area (Å²) in [6, 6.07) is 0.139. The maximum atomic E-state index is 12.1. The molecule has 0 spiro atoms. The molecule has 8 heteroatoms. The summed E-state index contributed by atoms with van der Waals surface area (Å²) >= 11 is 1.40. The van der Waals surface area contributed by atoms with Crippen molar-refractivity contribution >= 4 is 23.2 Å². The molecule has 128 valence electrons. The first-order chi connectivity index (χ1) is 11.1. The average Bonchev–Trinajstić information content (AvgIpc) is 3.04. The summed E-state index contributed by atoms with van der Waals surface area (Å²) in [5.41, 5.74) is 5.95. The molecule has 2 amide bonds. The van der Waals surface area contributed by atoms with E-state index in [1.54, 1.807) is 5.38 Å². The molecule has 0 saturated carbocycles. The van der Waals surface area contributed by atoms with Gasteiger partial charge in [0.2, 0.25) is 5.91 Å². The van der Waals surface area contributed by atoms with E-state index in [0.29, 0.717) is 18.8 Å². The average molecular weight is 339 g/mol. The van der Waals surface area contributed by atoms with Gasteiger partial charge in [0, 0.05) is 37.6 Å². The van der Waals surface area contributed by atoms with E-state index < -0.39 is 0 Å². The van der Waals surface area contributed by atoms with Crippen LogP contribution in [0.4, 0.5) is 0 Å². The molecule has 2 rings (SSSR count). The minimum atomic E-state index is -0.139. The zero-order valence-corrected chi connectivity index (χ0v) is 14.3. The Bertz CT molecular complexity index is 526. The van der Waals surface area contributed by atoms with Crippen LogP contribution in [0, 0.1) is 0 Å². The van der Waals surface area contributed by atoms with Crippen molar-refractivity contribution in [2.45, 2.75) is 38.8 Å². The van der Waals surface area contributed by atoms with Crippen LogP contribution in [0.25, 0.3) is 0 Å². The summed E-state index contributed by atoms with van der Waals surface area (Å²) in [4.78, 5) is 30.2. The van der Waals surface area contributed by atoms with E-state index in [-0.39, 0.29) is 17.9 Å². The van der Waals surface area contributed by atoms with E-state index in [1.807, 2.05) is 6.92 Å². The fourth-order valence-electron chi connectivity index (χ4n) is 2.53. The van der Waals surface area contributed by atoms with Crippen molar-refractivity contribution in [2.75, 3.05) is 26.2 Å². The van der Waals surface area contributed by atoms with Crippen LogP contribution in [0.3, 0.4) is 0 Å². The highest BCUT2D eigenvalue weighted by Crippen LogP contribution is 2.13. The number of likely N-dealkylation sites (tertiary alicyclic amines) is 1. The number of amides is 2. The molecule has 1 aliphatic rings. The number of nitrogens with two attached hydrogens (primary N) is 1.